The normalized spacial score (nSPS) is 21.2. The summed E-state index contributed by atoms with van der Waals surface area (Å²) in [5.74, 6) is 3.29. The van der Waals surface area contributed by atoms with Crippen molar-refractivity contribution in [2.75, 3.05) is 54.9 Å². The van der Waals surface area contributed by atoms with Crippen LogP contribution in [0, 0.1) is 6.92 Å². The molecule has 2 aromatic heterocycles. The predicted molar refractivity (Wildman–Crippen MR) is 108 cm³/mol. The van der Waals surface area contributed by atoms with Gasteiger partial charge in [0.25, 0.3) is 0 Å². The molecule has 0 bridgehead atoms. The van der Waals surface area contributed by atoms with Gasteiger partial charge in [-0.2, -0.15) is 4.98 Å². The highest BCUT2D eigenvalue weighted by molar-refractivity contribution is 5.55. The van der Waals surface area contributed by atoms with Crippen LogP contribution >= 0.6 is 0 Å². The Morgan fingerprint density at radius 3 is 2.54 bits per heavy atom. The van der Waals surface area contributed by atoms with Crippen molar-refractivity contribution >= 4 is 17.6 Å². The summed E-state index contributed by atoms with van der Waals surface area (Å²) in [4.78, 5) is 22.9. The Labute approximate surface area is 165 Å². The molecule has 2 saturated heterocycles. The molecular formula is C20H27N7O. The molecule has 8 heteroatoms. The molecule has 1 aliphatic carbocycles. The van der Waals surface area contributed by atoms with Crippen molar-refractivity contribution in [3.8, 4) is 0 Å². The lowest BCUT2D eigenvalue weighted by atomic mass is 9.76. The quantitative estimate of drug-likeness (QED) is 0.836. The first kappa shape index (κ1) is 17.6. The summed E-state index contributed by atoms with van der Waals surface area (Å²) < 4.78 is 5.53. The van der Waals surface area contributed by atoms with Crippen LogP contribution in [-0.4, -0.2) is 59.3 Å². The Morgan fingerprint density at radius 2 is 1.79 bits per heavy atom. The smallest absolute Gasteiger partial charge is 0.221 e. The molecule has 5 rings (SSSR count). The predicted octanol–water partition coefficient (Wildman–Crippen LogP) is 1.48. The highest BCUT2D eigenvalue weighted by Gasteiger charge is 2.44. The number of rotatable bonds is 2. The molecule has 2 aromatic rings. The lowest BCUT2D eigenvalue weighted by molar-refractivity contribution is 0.122. The molecule has 4 heterocycles. The SMILES string of the molecule is Cc1nc(N2CCOCC2)c2c(n1)C1(CC2)CCN(c2ccnc(N)n2)CC1. The van der Waals surface area contributed by atoms with Crippen molar-refractivity contribution in [1.82, 2.24) is 19.9 Å². The number of piperidine rings is 1. The summed E-state index contributed by atoms with van der Waals surface area (Å²) in [6.07, 6.45) is 6.14. The van der Waals surface area contributed by atoms with E-state index in [9.17, 15) is 0 Å². The van der Waals surface area contributed by atoms with Crippen LogP contribution in [0.5, 0.6) is 0 Å². The minimum atomic E-state index is 0.166. The van der Waals surface area contributed by atoms with Gasteiger partial charge in [0.05, 0.1) is 18.9 Å². The number of nitrogen functional groups attached to an aromatic ring is 1. The molecule has 8 nitrogen and oxygen atoms in total. The Kier molecular flexibility index (Phi) is 4.30. The fourth-order valence-electron chi connectivity index (χ4n) is 4.96. The van der Waals surface area contributed by atoms with Gasteiger partial charge >= 0.3 is 0 Å². The zero-order valence-electron chi connectivity index (χ0n) is 16.4. The molecule has 3 aliphatic rings. The highest BCUT2D eigenvalue weighted by Crippen LogP contribution is 2.47. The largest absolute Gasteiger partial charge is 0.378 e. The van der Waals surface area contributed by atoms with Crippen LogP contribution in [0.4, 0.5) is 17.6 Å². The number of nitrogens with zero attached hydrogens (tertiary/aromatic N) is 6. The number of aryl methyl sites for hydroxylation is 1. The highest BCUT2D eigenvalue weighted by atomic mass is 16.5. The molecule has 148 valence electrons. The van der Waals surface area contributed by atoms with Gasteiger partial charge in [-0.3, -0.25) is 0 Å². The molecule has 2 N–H and O–H groups in total. The third kappa shape index (κ3) is 2.96. The molecule has 0 amide bonds. The first-order chi connectivity index (χ1) is 13.6. The summed E-state index contributed by atoms with van der Waals surface area (Å²) in [5.41, 5.74) is 8.60. The third-order valence-corrected chi connectivity index (χ3v) is 6.47. The fourth-order valence-corrected chi connectivity index (χ4v) is 4.96. The molecule has 2 aliphatic heterocycles. The minimum Gasteiger partial charge on any atom is -0.378 e. The van der Waals surface area contributed by atoms with E-state index in [1.807, 2.05) is 13.0 Å². The summed E-state index contributed by atoms with van der Waals surface area (Å²) in [7, 11) is 0. The van der Waals surface area contributed by atoms with Gasteiger partial charge in [-0.1, -0.05) is 0 Å². The van der Waals surface area contributed by atoms with E-state index >= 15 is 0 Å². The molecule has 0 saturated carbocycles. The summed E-state index contributed by atoms with van der Waals surface area (Å²) in [6.45, 7) is 7.34. The molecule has 28 heavy (non-hydrogen) atoms. The zero-order valence-corrected chi connectivity index (χ0v) is 16.4. The van der Waals surface area contributed by atoms with Crippen LogP contribution in [0.1, 0.15) is 36.3 Å². The van der Waals surface area contributed by atoms with Gasteiger partial charge in [0.1, 0.15) is 17.5 Å². The Hall–Kier alpha value is -2.48. The van der Waals surface area contributed by atoms with Crippen LogP contribution in [0.3, 0.4) is 0 Å². The lowest BCUT2D eigenvalue weighted by Gasteiger charge is -2.40. The van der Waals surface area contributed by atoms with E-state index in [0.717, 1.165) is 82.5 Å². The van der Waals surface area contributed by atoms with Gasteiger partial charge in [0, 0.05) is 43.4 Å². The fraction of sp³-hybridized carbons (Fsp3) is 0.600. The van der Waals surface area contributed by atoms with Gasteiger partial charge in [-0.05, 0) is 38.7 Å². The number of fused-ring (bicyclic) bond motifs is 2. The van der Waals surface area contributed by atoms with E-state index in [2.05, 4.69) is 19.8 Å². The maximum atomic E-state index is 5.77. The van der Waals surface area contributed by atoms with Gasteiger partial charge in [0.2, 0.25) is 5.95 Å². The Balaban J connectivity index is 1.41. The number of hydrogen-bond donors (Lipinski definition) is 1. The monoisotopic (exact) mass is 381 g/mol. The topological polar surface area (TPSA) is 93.3 Å². The number of morpholine rings is 1. The minimum absolute atomic E-state index is 0.166. The molecular weight excluding hydrogens is 354 g/mol. The number of aromatic nitrogens is 4. The van der Waals surface area contributed by atoms with Crippen molar-refractivity contribution in [1.29, 1.82) is 0 Å². The van der Waals surface area contributed by atoms with Gasteiger partial charge < -0.3 is 20.3 Å². The maximum Gasteiger partial charge on any atom is 0.221 e. The van der Waals surface area contributed by atoms with Crippen LogP contribution < -0.4 is 15.5 Å². The van der Waals surface area contributed by atoms with Gasteiger partial charge in [0.15, 0.2) is 0 Å². The molecule has 1 spiro atoms. The average Bonchev–Trinajstić information content (AvgIpc) is 3.06. The van der Waals surface area contributed by atoms with Crippen molar-refractivity contribution in [3.05, 3.63) is 29.3 Å². The van der Waals surface area contributed by atoms with Gasteiger partial charge in [-0.15, -0.1) is 0 Å². The first-order valence-corrected chi connectivity index (χ1v) is 10.2. The summed E-state index contributed by atoms with van der Waals surface area (Å²) in [6, 6.07) is 1.94. The van der Waals surface area contributed by atoms with E-state index in [1.54, 1.807) is 6.20 Å². The molecule has 0 radical (unpaired) electrons. The number of hydrogen-bond acceptors (Lipinski definition) is 8. The Bertz CT molecular complexity index is 873. The maximum absolute atomic E-state index is 5.77. The van der Waals surface area contributed by atoms with E-state index < -0.39 is 0 Å². The summed E-state index contributed by atoms with van der Waals surface area (Å²) in [5, 5.41) is 0. The van der Waals surface area contributed by atoms with Crippen molar-refractivity contribution in [2.45, 2.75) is 38.0 Å². The molecule has 2 fully saturated rings. The second kappa shape index (κ2) is 6.84. The number of ether oxygens (including phenoxy) is 1. The van der Waals surface area contributed by atoms with E-state index in [1.165, 1.54) is 11.3 Å². The van der Waals surface area contributed by atoms with E-state index in [4.69, 9.17) is 20.4 Å². The second-order valence-corrected chi connectivity index (χ2v) is 8.06. The van der Waals surface area contributed by atoms with Crippen molar-refractivity contribution in [2.24, 2.45) is 0 Å². The molecule has 0 aromatic carbocycles. The van der Waals surface area contributed by atoms with Crippen molar-refractivity contribution < 1.29 is 4.74 Å². The van der Waals surface area contributed by atoms with Crippen LogP contribution in [0.15, 0.2) is 12.3 Å². The van der Waals surface area contributed by atoms with Crippen LogP contribution in [0.25, 0.3) is 0 Å². The Morgan fingerprint density at radius 1 is 1.00 bits per heavy atom. The lowest BCUT2D eigenvalue weighted by Crippen LogP contribution is -2.42. The average molecular weight is 381 g/mol. The number of nitrogens with two attached hydrogens (primary N) is 1. The second-order valence-electron chi connectivity index (χ2n) is 8.06. The standard InChI is InChI=1S/C20H27N7O/c1-14-23-17-15(18(24-14)27-10-12-28-13-11-27)2-4-20(17)5-8-26(9-6-20)16-3-7-22-19(21)25-16/h3,7H,2,4-6,8-13H2,1H3,(H2,21,22,25). The molecule has 0 unspecified atom stereocenters. The van der Waals surface area contributed by atoms with E-state index in [0.29, 0.717) is 5.95 Å². The third-order valence-electron chi connectivity index (χ3n) is 6.47. The zero-order chi connectivity index (χ0) is 19.1. The van der Waals surface area contributed by atoms with E-state index in [-0.39, 0.29) is 5.41 Å². The number of anilines is 3. The molecule has 0 atom stereocenters. The van der Waals surface area contributed by atoms with Crippen LogP contribution in [0.2, 0.25) is 0 Å². The van der Waals surface area contributed by atoms with Crippen LogP contribution in [-0.2, 0) is 16.6 Å². The first-order valence-electron chi connectivity index (χ1n) is 10.2. The van der Waals surface area contributed by atoms with Crippen molar-refractivity contribution in [3.63, 3.8) is 0 Å². The summed E-state index contributed by atoms with van der Waals surface area (Å²) >= 11 is 0. The van der Waals surface area contributed by atoms with Gasteiger partial charge in [-0.25, -0.2) is 15.0 Å².